The second kappa shape index (κ2) is 10.5. The summed E-state index contributed by atoms with van der Waals surface area (Å²) in [5, 5.41) is 2.72. The van der Waals surface area contributed by atoms with Crippen LogP contribution in [0.1, 0.15) is 39.2 Å². The molecule has 5 nitrogen and oxygen atoms in total. The smallest absolute Gasteiger partial charge is 0.244 e. The van der Waals surface area contributed by atoms with E-state index < -0.39 is 6.04 Å². The predicted octanol–water partition coefficient (Wildman–Crippen LogP) is 2.86. The molecule has 2 amide bonds. The van der Waals surface area contributed by atoms with Gasteiger partial charge in [0.15, 0.2) is 0 Å². The van der Waals surface area contributed by atoms with Gasteiger partial charge in [-0.15, -0.1) is 0 Å². The highest BCUT2D eigenvalue weighted by molar-refractivity contribution is 5.95. The number of unbranched alkanes of at least 4 members (excludes halogenated alkanes) is 1. The van der Waals surface area contributed by atoms with Crippen LogP contribution in [0.4, 0.5) is 0 Å². The highest BCUT2D eigenvalue weighted by Gasteiger charge is 2.19. The highest BCUT2D eigenvalue weighted by Crippen LogP contribution is 2.12. The first-order chi connectivity index (χ1) is 11.5. The molecule has 1 rings (SSSR count). The summed E-state index contributed by atoms with van der Waals surface area (Å²) in [5.41, 5.74) is 0.892. The Morgan fingerprint density at radius 3 is 2.46 bits per heavy atom. The molecule has 0 saturated heterocycles. The number of amides is 2. The van der Waals surface area contributed by atoms with E-state index in [2.05, 4.69) is 12.2 Å². The van der Waals surface area contributed by atoms with Crippen molar-refractivity contribution in [2.45, 2.75) is 39.7 Å². The molecule has 0 heterocycles. The van der Waals surface area contributed by atoms with E-state index in [0.29, 0.717) is 6.54 Å². The molecule has 0 spiro atoms. The van der Waals surface area contributed by atoms with Gasteiger partial charge in [0.25, 0.3) is 0 Å². The van der Waals surface area contributed by atoms with Gasteiger partial charge in [0, 0.05) is 19.2 Å². The molecular weight excluding hydrogens is 304 g/mol. The zero-order valence-corrected chi connectivity index (χ0v) is 15.0. The SMILES string of the molecule is CCCCN(CC)C(=O)[C@H](C)NC(=O)/C=C/c1ccc(OC)cc1. The van der Waals surface area contributed by atoms with Crippen LogP contribution in [0.3, 0.4) is 0 Å². The Balaban J connectivity index is 2.55. The Morgan fingerprint density at radius 2 is 1.92 bits per heavy atom. The van der Waals surface area contributed by atoms with Gasteiger partial charge in [0.05, 0.1) is 7.11 Å². The standard InChI is InChI=1S/C19H28N2O3/c1-5-7-14-21(6-2)19(23)15(3)20-18(22)13-10-16-8-11-17(24-4)12-9-16/h8-13,15H,5-7,14H2,1-4H3,(H,20,22)/b13-10+/t15-/m0/s1. The van der Waals surface area contributed by atoms with E-state index in [1.54, 1.807) is 25.0 Å². The summed E-state index contributed by atoms with van der Waals surface area (Å²) in [7, 11) is 1.61. The quantitative estimate of drug-likeness (QED) is 0.708. The number of carbonyl (C=O) groups is 2. The average molecular weight is 332 g/mol. The number of likely N-dealkylation sites (N-methyl/N-ethyl adjacent to an activating group) is 1. The molecule has 0 unspecified atom stereocenters. The maximum atomic E-state index is 12.3. The number of methoxy groups -OCH3 is 1. The minimum absolute atomic E-state index is 0.0443. The number of carbonyl (C=O) groups excluding carboxylic acids is 2. The van der Waals surface area contributed by atoms with E-state index in [1.807, 2.05) is 31.2 Å². The van der Waals surface area contributed by atoms with Crippen LogP contribution in [0.25, 0.3) is 6.08 Å². The molecule has 0 fully saturated rings. The minimum Gasteiger partial charge on any atom is -0.497 e. The number of hydrogen-bond acceptors (Lipinski definition) is 3. The van der Waals surface area contributed by atoms with Gasteiger partial charge in [-0.05, 0) is 44.0 Å². The third-order valence-electron chi connectivity index (χ3n) is 3.75. The molecule has 1 aromatic carbocycles. The van der Waals surface area contributed by atoms with Crippen LogP contribution in [0.2, 0.25) is 0 Å². The van der Waals surface area contributed by atoms with Crippen molar-refractivity contribution in [2.75, 3.05) is 20.2 Å². The Bertz CT molecular complexity index is 552. The van der Waals surface area contributed by atoms with E-state index in [9.17, 15) is 9.59 Å². The van der Waals surface area contributed by atoms with Crippen molar-refractivity contribution in [2.24, 2.45) is 0 Å². The lowest BCUT2D eigenvalue weighted by atomic mass is 10.2. The fourth-order valence-corrected chi connectivity index (χ4v) is 2.26. The summed E-state index contributed by atoms with van der Waals surface area (Å²) in [4.78, 5) is 26.1. The molecule has 0 aromatic heterocycles. The molecule has 1 atom stereocenters. The van der Waals surface area contributed by atoms with E-state index in [0.717, 1.165) is 30.7 Å². The normalized spacial score (nSPS) is 12.0. The van der Waals surface area contributed by atoms with Crippen molar-refractivity contribution in [1.29, 1.82) is 0 Å². The molecular formula is C19H28N2O3. The lowest BCUT2D eigenvalue weighted by Crippen LogP contribution is -2.46. The number of ether oxygens (including phenoxy) is 1. The Labute approximate surface area is 144 Å². The fraction of sp³-hybridized carbons (Fsp3) is 0.474. The predicted molar refractivity (Wildman–Crippen MR) is 96.8 cm³/mol. The molecule has 0 aliphatic heterocycles. The number of hydrogen-bond donors (Lipinski definition) is 1. The van der Waals surface area contributed by atoms with Crippen molar-refractivity contribution in [3.05, 3.63) is 35.9 Å². The summed E-state index contributed by atoms with van der Waals surface area (Å²) in [5.74, 6) is 0.443. The number of nitrogens with zero attached hydrogens (tertiary/aromatic N) is 1. The van der Waals surface area contributed by atoms with Crippen LogP contribution in [-0.2, 0) is 9.59 Å². The zero-order chi connectivity index (χ0) is 17.9. The van der Waals surface area contributed by atoms with Crippen molar-refractivity contribution in [3.8, 4) is 5.75 Å². The zero-order valence-electron chi connectivity index (χ0n) is 15.0. The molecule has 1 aromatic rings. The van der Waals surface area contributed by atoms with Crippen molar-refractivity contribution >= 4 is 17.9 Å². The first kappa shape index (κ1) is 19.7. The Hall–Kier alpha value is -2.30. The van der Waals surface area contributed by atoms with Crippen LogP contribution in [-0.4, -0.2) is 43.0 Å². The largest absolute Gasteiger partial charge is 0.497 e. The van der Waals surface area contributed by atoms with Crippen LogP contribution < -0.4 is 10.1 Å². The van der Waals surface area contributed by atoms with Gasteiger partial charge in [-0.25, -0.2) is 0 Å². The first-order valence-corrected chi connectivity index (χ1v) is 8.43. The van der Waals surface area contributed by atoms with E-state index in [1.165, 1.54) is 6.08 Å². The summed E-state index contributed by atoms with van der Waals surface area (Å²) in [6.07, 6.45) is 5.15. The van der Waals surface area contributed by atoms with Gasteiger partial charge in [-0.1, -0.05) is 25.5 Å². The molecule has 0 bridgehead atoms. The average Bonchev–Trinajstić information content (AvgIpc) is 2.60. The van der Waals surface area contributed by atoms with Gasteiger partial charge in [0.2, 0.25) is 11.8 Å². The Morgan fingerprint density at radius 1 is 1.25 bits per heavy atom. The van der Waals surface area contributed by atoms with Gasteiger partial charge >= 0.3 is 0 Å². The second-order valence-electron chi connectivity index (χ2n) is 5.61. The lowest BCUT2D eigenvalue weighted by molar-refractivity contribution is -0.135. The number of nitrogens with one attached hydrogen (secondary N) is 1. The van der Waals surface area contributed by atoms with Crippen LogP contribution in [0, 0.1) is 0 Å². The van der Waals surface area contributed by atoms with E-state index in [-0.39, 0.29) is 11.8 Å². The fourth-order valence-electron chi connectivity index (χ4n) is 2.26. The summed E-state index contributed by atoms with van der Waals surface area (Å²) < 4.78 is 5.09. The van der Waals surface area contributed by atoms with Gasteiger partial charge in [-0.2, -0.15) is 0 Å². The Kier molecular flexibility index (Phi) is 8.61. The van der Waals surface area contributed by atoms with Crippen LogP contribution in [0.15, 0.2) is 30.3 Å². The molecule has 0 aliphatic rings. The molecule has 0 aliphatic carbocycles. The number of benzene rings is 1. The van der Waals surface area contributed by atoms with Crippen molar-refractivity contribution in [1.82, 2.24) is 10.2 Å². The maximum absolute atomic E-state index is 12.3. The van der Waals surface area contributed by atoms with Crippen LogP contribution >= 0.6 is 0 Å². The highest BCUT2D eigenvalue weighted by atomic mass is 16.5. The molecule has 24 heavy (non-hydrogen) atoms. The summed E-state index contributed by atoms with van der Waals surface area (Å²) in [6, 6.07) is 6.85. The van der Waals surface area contributed by atoms with Crippen molar-refractivity contribution < 1.29 is 14.3 Å². The summed E-state index contributed by atoms with van der Waals surface area (Å²) in [6.45, 7) is 7.14. The van der Waals surface area contributed by atoms with E-state index in [4.69, 9.17) is 4.74 Å². The van der Waals surface area contributed by atoms with Crippen LogP contribution in [0.5, 0.6) is 5.75 Å². The third kappa shape index (κ3) is 6.44. The monoisotopic (exact) mass is 332 g/mol. The van der Waals surface area contributed by atoms with Gasteiger partial charge < -0.3 is 15.0 Å². The first-order valence-electron chi connectivity index (χ1n) is 8.43. The van der Waals surface area contributed by atoms with Gasteiger partial charge in [0.1, 0.15) is 11.8 Å². The van der Waals surface area contributed by atoms with Gasteiger partial charge in [-0.3, -0.25) is 9.59 Å². The second-order valence-corrected chi connectivity index (χ2v) is 5.61. The van der Waals surface area contributed by atoms with E-state index >= 15 is 0 Å². The third-order valence-corrected chi connectivity index (χ3v) is 3.75. The molecule has 1 N–H and O–H groups in total. The maximum Gasteiger partial charge on any atom is 0.244 e. The topological polar surface area (TPSA) is 58.6 Å². The molecule has 0 saturated carbocycles. The molecule has 5 heteroatoms. The lowest BCUT2D eigenvalue weighted by Gasteiger charge is -2.24. The van der Waals surface area contributed by atoms with Crippen molar-refractivity contribution in [3.63, 3.8) is 0 Å². The number of rotatable bonds is 9. The molecule has 132 valence electrons. The minimum atomic E-state index is -0.533. The summed E-state index contributed by atoms with van der Waals surface area (Å²) >= 11 is 0. The molecule has 0 radical (unpaired) electrons.